The maximum Gasteiger partial charge on any atom is 0.225 e. The average Bonchev–Trinajstić information content (AvgIpc) is 3.36. The van der Waals surface area contributed by atoms with Crippen molar-refractivity contribution in [3.05, 3.63) is 65.1 Å². The van der Waals surface area contributed by atoms with Gasteiger partial charge in [-0.3, -0.25) is 4.79 Å². The van der Waals surface area contributed by atoms with Gasteiger partial charge in [0.05, 0.1) is 30.0 Å². The van der Waals surface area contributed by atoms with E-state index in [-0.39, 0.29) is 11.8 Å². The maximum atomic E-state index is 12.2. The minimum atomic E-state index is -0.216. The number of hydrogen-bond acceptors (Lipinski definition) is 5. The molecule has 0 saturated carbocycles. The topological polar surface area (TPSA) is 82.2 Å². The summed E-state index contributed by atoms with van der Waals surface area (Å²) in [5.41, 5.74) is 3.78. The molecule has 1 amide bonds. The molecule has 0 aliphatic carbocycles. The fraction of sp³-hybridized carbons (Fsp3) is 0.150. The first-order valence-corrected chi connectivity index (χ1v) is 9.09. The molecular formula is C20H15ClN4O3. The highest BCUT2D eigenvalue weighted by molar-refractivity contribution is 6.32. The molecular weight excluding hydrogens is 380 g/mol. The molecule has 2 aromatic carbocycles. The van der Waals surface area contributed by atoms with Gasteiger partial charge in [0, 0.05) is 17.7 Å². The van der Waals surface area contributed by atoms with E-state index in [0.29, 0.717) is 28.4 Å². The third kappa shape index (κ3) is 2.63. The summed E-state index contributed by atoms with van der Waals surface area (Å²) in [5.74, 6) is 1.04. The molecule has 4 aromatic rings. The van der Waals surface area contributed by atoms with Gasteiger partial charge in [-0.2, -0.15) is 4.80 Å². The number of methoxy groups -OCH3 is 1. The summed E-state index contributed by atoms with van der Waals surface area (Å²) in [6.45, 7) is 0. The summed E-state index contributed by atoms with van der Waals surface area (Å²) in [6.07, 6.45) is 1.90. The lowest BCUT2D eigenvalue weighted by Gasteiger charge is -2.24. The van der Waals surface area contributed by atoms with Crippen LogP contribution in [0.4, 0.5) is 5.69 Å². The number of rotatable bonds is 3. The fourth-order valence-corrected chi connectivity index (χ4v) is 3.83. The standard InChI is InChI=1S/C20H15ClN4O3/c1-27-17-7-4-11(9-13(17)21)25-23-15-6-5-14-19(20(15)24-25)12(10-18(26)22-14)16-3-2-8-28-16/h2-9,12H,10H2,1H3,(H,22,26)/t12-/m1/s1. The number of carbonyl (C=O) groups is 1. The number of fused-ring (bicyclic) bond motifs is 3. The van der Waals surface area contributed by atoms with Crippen molar-refractivity contribution in [3.8, 4) is 11.4 Å². The second-order valence-electron chi connectivity index (χ2n) is 6.52. The summed E-state index contributed by atoms with van der Waals surface area (Å²) in [7, 11) is 1.57. The first-order valence-electron chi connectivity index (χ1n) is 8.71. The fourth-order valence-electron chi connectivity index (χ4n) is 3.58. The van der Waals surface area contributed by atoms with E-state index in [0.717, 1.165) is 22.5 Å². The molecule has 1 N–H and O–H groups in total. The lowest BCUT2D eigenvalue weighted by Crippen LogP contribution is -2.23. The Hall–Kier alpha value is -3.32. The zero-order valence-corrected chi connectivity index (χ0v) is 15.6. The van der Waals surface area contributed by atoms with E-state index in [4.69, 9.17) is 25.9 Å². The van der Waals surface area contributed by atoms with Crippen LogP contribution in [0.3, 0.4) is 0 Å². The summed E-state index contributed by atoms with van der Waals surface area (Å²) in [4.78, 5) is 13.7. The number of anilines is 1. The predicted molar refractivity (Wildman–Crippen MR) is 104 cm³/mol. The Bertz CT molecular complexity index is 1200. The first-order chi connectivity index (χ1) is 13.6. The minimum absolute atomic E-state index is 0.0532. The number of carbonyl (C=O) groups excluding carboxylic acids is 1. The Morgan fingerprint density at radius 1 is 1.25 bits per heavy atom. The summed E-state index contributed by atoms with van der Waals surface area (Å²) < 4.78 is 10.8. The van der Waals surface area contributed by atoms with Gasteiger partial charge in [0.15, 0.2) is 0 Å². The Kier molecular flexibility index (Phi) is 3.84. The molecule has 28 heavy (non-hydrogen) atoms. The number of hydrogen-bond donors (Lipinski definition) is 1. The van der Waals surface area contributed by atoms with Crippen LogP contribution in [-0.2, 0) is 4.79 Å². The van der Waals surface area contributed by atoms with Crippen LogP contribution in [0.1, 0.15) is 23.7 Å². The monoisotopic (exact) mass is 394 g/mol. The van der Waals surface area contributed by atoms with Crippen LogP contribution >= 0.6 is 11.6 Å². The molecule has 5 rings (SSSR count). The van der Waals surface area contributed by atoms with Crippen LogP contribution in [0.15, 0.2) is 53.1 Å². The molecule has 1 aliphatic rings. The van der Waals surface area contributed by atoms with Crippen molar-refractivity contribution >= 4 is 34.2 Å². The zero-order valence-electron chi connectivity index (χ0n) is 14.8. The van der Waals surface area contributed by atoms with Crippen molar-refractivity contribution in [2.24, 2.45) is 0 Å². The van der Waals surface area contributed by atoms with Gasteiger partial charge in [-0.15, -0.1) is 10.2 Å². The van der Waals surface area contributed by atoms with Crippen LogP contribution in [0, 0.1) is 0 Å². The molecule has 2 aromatic heterocycles. The van der Waals surface area contributed by atoms with Crippen LogP contribution in [0.5, 0.6) is 5.75 Å². The van der Waals surface area contributed by atoms with Crippen molar-refractivity contribution in [1.29, 1.82) is 0 Å². The Labute approximate surface area is 164 Å². The van der Waals surface area contributed by atoms with Gasteiger partial charge in [-0.1, -0.05) is 11.6 Å². The predicted octanol–water partition coefficient (Wildman–Crippen LogP) is 4.15. The van der Waals surface area contributed by atoms with Crippen molar-refractivity contribution in [1.82, 2.24) is 15.0 Å². The van der Waals surface area contributed by atoms with Gasteiger partial charge in [-0.25, -0.2) is 0 Å². The van der Waals surface area contributed by atoms with E-state index in [1.807, 2.05) is 30.3 Å². The molecule has 1 aliphatic heterocycles. The minimum Gasteiger partial charge on any atom is -0.495 e. The molecule has 0 saturated heterocycles. The molecule has 7 nitrogen and oxygen atoms in total. The SMILES string of the molecule is COc1ccc(-n2nc3ccc4c(c3n2)[C@@H](c2ccco2)CC(=O)N4)cc1Cl. The lowest BCUT2D eigenvalue weighted by molar-refractivity contribution is -0.116. The van der Waals surface area contributed by atoms with Crippen molar-refractivity contribution in [2.75, 3.05) is 12.4 Å². The molecule has 8 heteroatoms. The largest absolute Gasteiger partial charge is 0.495 e. The van der Waals surface area contributed by atoms with Crippen LogP contribution in [0.2, 0.25) is 5.02 Å². The van der Waals surface area contributed by atoms with Gasteiger partial charge in [0.25, 0.3) is 0 Å². The average molecular weight is 395 g/mol. The molecule has 140 valence electrons. The Morgan fingerprint density at radius 2 is 2.14 bits per heavy atom. The van der Waals surface area contributed by atoms with E-state index in [1.165, 1.54) is 4.80 Å². The van der Waals surface area contributed by atoms with E-state index in [2.05, 4.69) is 10.4 Å². The molecule has 3 heterocycles. The van der Waals surface area contributed by atoms with E-state index < -0.39 is 0 Å². The van der Waals surface area contributed by atoms with E-state index in [9.17, 15) is 4.79 Å². The third-order valence-electron chi connectivity index (χ3n) is 4.86. The van der Waals surface area contributed by atoms with Crippen molar-refractivity contribution < 1.29 is 13.9 Å². The highest BCUT2D eigenvalue weighted by Crippen LogP contribution is 2.41. The number of amides is 1. The van der Waals surface area contributed by atoms with Gasteiger partial charge in [-0.05, 0) is 42.5 Å². The van der Waals surface area contributed by atoms with E-state index in [1.54, 1.807) is 25.5 Å². The van der Waals surface area contributed by atoms with Crippen LogP contribution in [0.25, 0.3) is 16.7 Å². The van der Waals surface area contributed by atoms with Gasteiger partial charge in [0.2, 0.25) is 5.91 Å². The normalized spacial score (nSPS) is 16.1. The number of nitrogens with one attached hydrogen (secondary N) is 1. The molecule has 0 radical (unpaired) electrons. The van der Waals surface area contributed by atoms with Crippen LogP contribution < -0.4 is 10.1 Å². The Balaban J connectivity index is 1.68. The lowest BCUT2D eigenvalue weighted by atomic mass is 9.87. The number of halogens is 1. The first kappa shape index (κ1) is 16.8. The number of aromatic nitrogens is 3. The second kappa shape index (κ2) is 6.38. The highest BCUT2D eigenvalue weighted by atomic mass is 35.5. The zero-order chi connectivity index (χ0) is 19.3. The quantitative estimate of drug-likeness (QED) is 0.564. The number of furan rings is 1. The smallest absolute Gasteiger partial charge is 0.225 e. The van der Waals surface area contributed by atoms with E-state index >= 15 is 0 Å². The third-order valence-corrected chi connectivity index (χ3v) is 5.15. The molecule has 0 bridgehead atoms. The van der Waals surface area contributed by atoms with Crippen molar-refractivity contribution in [2.45, 2.75) is 12.3 Å². The van der Waals surface area contributed by atoms with Crippen LogP contribution in [-0.4, -0.2) is 28.0 Å². The van der Waals surface area contributed by atoms with Gasteiger partial charge < -0.3 is 14.5 Å². The highest BCUT2D eigenvalue weighted by Gasteiger charge is 2.31. The van der Waals surface area contributed by atoms with Crippen molar-refractivity contribution in [3.63, 3.8) is 0 Å². The summed E-state index contributed by atoms with van der Waals surface area (Å²) >= 11 is 6.25. The van der Waals surface area contributed by atoms with Gasteiger partial charge >= 0.3 is 0 Å². The summed E-state index contributed by atoms with van der Waals surface area (Å²) in [6, 6.07) is 12.7. The second-order valence-corrected chi connectivity index (χ2v) is 6.93. The summed E-state index contributed by atoms with van der Waals surface area (Å²) in [5, 5.41) is 12.7. The maximum absolute atomic E-state index is 12.2. The molecule has 0 fully saturated rings. The number of benzene rings is 2. The van der Waals surface area contributed by atoms with Gasteiger partial charge in [0.1, 0.15) is 22.5 Å². The molecule has 0 spiro atoms. The molecule has 1 atom stereocenters. The molecule has 0 unspecified atom stereocenters. The number of ether oxygens (including phenoxy) is 1. The number of nitrogens with zero attached hydrogens (tertiary/aromatic N) is 3. The Morgan fingerprint density at radius 3 is 2.89 bits per heavy atom.